The van der Waals surface area contributed by atoms with Crippen molar-refractivity contribution >= 4 is 23.1 Å². The second-order valence-corrected chi connectivity index (χ2v) is 7.20. The van der Waals surface area contributed by atoms with Crippen molar-refractivity contribution in [2.24, 2.45) is 0 Å². The van der Waals surface area contributed by atoms with Crippen LogP contribution >= 0.6 is 11.3 Å². The first-order chi connectivity index (χ1) is 13.2. The fourth-order valence-electron chi connectivity index (χ4n) is 3.07. The minimum absolute atomic E-state index is 0.0400. The molecule has 0 aromatic carbocycles. The molecule has 0 spiro atoms. The van der Waals surface area contributed by atoms with Gasteiger partial charge in [0.05, 0.1) is 4.88 Å². The number of nitrogens with zero attached hydrogens (tertiary/aromatic N) is 5. The van der Waals surface area contributed by atoms with Crippen LogP contribution < -0.4 is 10.5 Å². The molecule has 1 fully saturated rings. The SMILES string of the molecule is O=C(Cn1nc(-c2cccs2)ccc1=O)N1CCN(c2ccccn2)CC1. The number of amides is 1. The third-order valence-electron chi connectivity index (χ3n) is 4.53. The number of hydrogen-bond acceptors (Lipinski definition) is 6. The van der Waals surface area contributed by atoms with Gasteiger partial charge in [-0.05, 0) is 29.6 Å². The number of carbonyl (C=O) groups excluding carboxylic acids is 1. The summed E-state index contributed by atoms with van der Waals surface area (Å²) in [6, 6.07) is 12.9. The molecule has 0 atom stereocenters. The van der Waals surface area contributed by atoms with Crippen LogP contribution in [0.3, 0.4) is 0 Å². The highest BCUT2D eigenvalue weighted by molar-refractivity contribution is 7.13. The third kappa shape index (κ3) is 3.90. The van der Waals surface area contributed by atoms with Gasteiger partial charge in [0.2, 0.25) is 5.91 Å². The Morgan fingerprint density at radius 1 is 1.04 bits per heavy atom. The number of rotatable bonds is 4. The van der Waals surface area contributed by atoms with E-state index >= 15 is 0 Å². The van der Waals surface area contributed by atoms with Crippen LogP contribution in [0.2, 0.25) is 0 Å². The molecule has 0 unspecified atom stereocenters. The van der Waals surface area contributed by atoms with Crippen molar-refractivity contribution in [1.82, 2.24) is 19.7 Å². The van der Waals surface area contributed by atoms with Gasteiger partial charge in [0.25, 0.3) is 5.56 Å². The summed E-state index contributed by atoms with van der Waals surface area (Å²) in [5.74, 6) is 0.833. The van der Waals surface area contributed by atoms with Crippen LogP contribution in [0, 0.1) is 0 Å². The lowest BCUT2D eigenvalue weighted by Gasteiger charge is -2.35. The van der Waals surface area contributed by atoms with Crippen LogP contribution in [0.4, 0.5) is 5.82 Å². The fraction of sp³-hybridized carbons (Fsp3) is 0.263. The molecule has 1 amide bonds. The zero-order chi connectivity index (χ0) is 18.6. The number of pyridine rings is 1. The van der Waals surface area contributed by atoms with Gasteiger partial charge in [0.1, 0.15) is 18.1 Å². The van der Waals surface area contributed by atoms with Gasteiger partial charge in [-0.15, -0.1) is 11.3 Å². The van der Waals surface area contributed by atoms with E-state index in [1.165, 1.54) is 10.7 Å². The van der Waals surface area contributed by atoms with E-state index in [0.29, 0.717) is 18.8 Å². The van der Waals surface area contributed by atoms with Crippen LogP contribution in [-0.4, -0.2) is 51.8 Å². The lowest BCUT2D eigenvalue weighted by Crippen LogP contribution is -2.50. The molecular formula is C19H19N5O2S. The number of hydrogen-bond donors (Lipinski definition) is 0. The third-order valence-corrected chi connectivity index (χ3v) is 5.42. The topological polar surface area (TPSA) is 71.3 Å². The van der Waals surface area contributed by atoms with Gasteiger partial charge in [-0.1, -0.05) is 12.1 Å². The standard InChI is InChI=1S/C19H19N5O2S/c25-18-7-6-15(16-4-3-13-27-16)21-24(18)14-19(26)23-11-9-22(10-12-23)17-5-1-2-8-20-17/h1-8,13H,9-12,14H2. The minimum atomic E-state index is -0.268. The van der Waals surface area contributed by atoms with E-state index in [1.807, 2.05) is 35.7 Å². The summed E-state index contributed by atoms with van der Waals surface area (Å²) < 4.78 is 1.25. The van der Waals surface area contributed by atoms with Gasteiger partial charge in [0.15, 0.2) is 0 Å². The van der Waals surface area contributed by atoms with Gasteiger partial charge < -0.3 is 9.80 Å². The lowest BCUT2D eigenvalue weighted by molar-refractivity contribution is -0.132. The predicted octanol–water partition coefficient (Wildman–Crippen LogP) is 1.72. The van der Waals surface area contributed by atoms with Crippen LogP contribution in [-0.2, 0) is 11.3 Å². The Labute approximate surface area is 160 Å². The molecule has 0 N–H and O–H groups in total. The summed E-state index contributed by atoms with van der Waals surface area (Å²) in [6.45, 7) is 2.62. The first kappa shape index (κ1) is 17.4. The normalized spacial score (nSPS) is 14.4. The number of thiophene rings is 1. The van der Waals surface area contributed by atoms with Crippen LogP contribution in [0.5, 0.6) is 0 Å². The summed E-state index contributed by atoms with van der Waals surface area (Å²) in [5, 5.41) is 6.32. The lowest BCUT2D eigenvalue weighted by atomic mass is 10.3. The molecule has 0 radical (unpaired) electrons. The number of anilines is 1. The van der Waals surface area contributed by atoms with Crippen molar-refractivity contribution in [2.45, 2.75) is 6.54 Å². The monoisotopic (exact) mass is 381 g/mol. The second kappa shape index (κ2) is 7.71. The quantitative estimate of drug-likeness (QED) is 0.688. The summed E-state index contributed by atoms with van der Waals surface area (Å²) in [7, 11) is 0. The van der Waals surface area contributed by atoms with Gasteiger partial charge in [-0.25, -0.2) is 9.67 Å². The maximum atomic E-state index is 12.7. The fourth-order valence-corrected chi connectivity index (χ4v) is 3.76. The number of aromatic nitrogens is 3. The van der Waals surface area contributed by atoms with Crippen LogP contribution in [0.15, 0.2) is 58.8 Å². The Bertz CT molecular complexity index is 963. The summed E-state index contributed by atoms with van der Waals surface area (Å²) in [4.78, 5) is 34.0. The van der Waals surface area contributed by atoms with Crippen molar-refractivity contribution in [3.05, 3.63) is 64.4 Å². The molecule has 1 saturated heterocycles. The Balaban J connectivity index is 1.41. The van der Waals surface area contributed by atoms with E-state index in [1.54, 1.807) is 28.5 Å². The zero-order valence-electron chi connectivity index (χ0n) is 14.7. The van der Waals surface area contributed by atoms with E-state index in [0.717, 1.165) is 23.8 Å². The van der Waals surface area contributed by atoms with Crippen molar-refractivity contribution in [2.75, 3.05) is 31.1 Å². The molecule has 1 aliphatic heterocycles. The minimum Gasteiger partial charge on any atom is -0.353 e. The molecule has 138 valence electrons. The average molecular weight is 381 g/mol. The Kier molecular flexibility index (Phi) is 4.97. The highest BCUT2D eigenvalue weighted by atomic mass is 32.1. The Morgan fingerprint density at radius 3 is 2.59 bits per heavy atom. The van der Waals surface area contributed by atoms with Crippen molar-refractivity contribution in [1.29, 1.82) is 0 Å². The summed E-state index contributed by atoms with van der Waals surface area (Å²) in [6.07, 6.45) is 1.77. The molecule has 1 aliphatic rings. The smallest absolute Gasteiger partial charge is 0.267 e. The summed E-state index contributed by atoms with van der Waals surface area (Å²) in [5.41, 5.74) is 0.438. The van der Waals surface area contributed by atoms with Crippen molar-refractivity contribution in [3.8, 4) is 10.6 Å². The van der Waals surface area contributed by atoms with Gasteiger partial charge in [0, 0.05) is 38.4 Å². The highest BCUT2D eigenvalue weighted by Gasteiger charge is 2.22. The molecule has 0 bridgehead atoms. The molecule has 3 aromatic rings. The molecule has 3 aromatic heterocycles. The van der Waals surface area contributed by atoms with Crippen LogP contribution in [0.25, 0.3) is 10.6 Å². The summed E-state index contributed by atoms with van der Waals surface area (Å²) >= 11 is 1.55. The maximum absolute atomic E-state index is 12.7. The first-order valence-corrected chi connectivity index (χ1v) is 9.64. The predicted molar refractivity (Wildman–Crippen MR) is 105 cm³/mol. The molecule has 4 rings (SSSR count). The van der Waals surface area contributed by atoms with Crippen LogP contribution in [0.1, 0.15) is 0 Å². The number of carbonyl (C=O) groups is 1. The van der Waals surface area contributed by atoms with Crippen molar-refractivity contribution in [3.63, 3.8) is 0 Å². The second-order valence-electron chi connectivity index (χ2n) is 6.25. The zero-order valence-corrected chi connectivity index (χ0v) is 15.5. The van der Waals surface area contributed by atoms with E-state index in [-0.39, 0.29) is 18.0 Å². The Morgan fingerprint density at radius 2 is 1.89 bits per heavy atom. The molecule has 0 aliphatic carbocycles. The molecule has 0 saturated carbocycles. The van der Waals surface area contributed by atoms with E-state index in [2.05, 4.69) is 15.0 Å². The van der Waals surface area contributed by atoms with Gasteiger partial charge >= 0.3 is 0 Å². The van der Waals surface area contributed by atoms with Crippen molar-refractivity contribution < 1.29 is 4.79 Å². The molecule has 4 heterocycles. The molecule has 7 nitrogen and oxygen atoms in total. The van der Waals surface area contributed by atoms with Gasteiger partial charge in [-0.3, -0.25) is 9.59 Å². The molecule has 27 heavy (non-hydrogen) atoms. The highest BCUT2D eigenvalue weighted by Crippen LogP contribution is 2.21. The average Bonchev–Trinajstić information content (AvgIpc) is 3.25. The van der Waals surface area contributed by atoms with E-state index < -0.39 is 0 Å². The molecule has 8 heteroatoms. The Hall–Kier alpha value is -3.00. The van der Waals surface area contributed by atoms with Gasteiger partial charge in [-0.2, -0.15) is 5.10 Å². The molecular weight excluding hydrogens is 362 g/mol. The van der Waals surface area contributed by atoms with E-state index in [9.17, 15) is 9.59 Å². The largest absolute Gasteiger partial charge is 0.353 e. The number of piperazine rings is 1. The maximum Gasteiger partial charge on any atom is 0.267 e. The van der Waals surface area contributed by atoms with E-state index in [4.69, 9.17) is 0 Å². The first-order valence-electron chi connectivity index (χ1n) is 8.76.